The van der Waals surface area contributed by atoms with E-state index in [-0.39, 0.29) is 5.82 Å². The molecule has 0 saturated carbocycles. The van der Waals surface area contributed by atoms with E-state index < -0.39 is 0 Å². The Morgan fingerprint density at radius 2 is 2.00 bits per heavy atom. The monoisotopic (exact) mass is 224 g/mol. The van der Waals surface area contributed by atoms with Crippen molar-refractivity contribution in [3.63, 3.8) is 0 Å². The molecule has 2 aromatic rings. The third-order valence-corrected chi connectivity index (χ3v) is 2.42. The van der Waals surface area contributed by atoms with E-state index in [9.17, 15) is 4.39 Å². The summed E-state index contributed by atoms with van der Waals surface area (Å²) < 4.78 is 14.3. The number of aromatic nitrogens is 2. The molecule has 0 N–H and O–H groups in total. The van der Waals surface area contributed by atoms with Crippen molar-refractivity contribution in [1.29, 1.82) is 0 Å². The van der Waals surface area contributed by atoms with Crippen LogP contribution in [0, 0.1) is 5.82 Å². The summed E-state index contributed by atoms with van der Waals surface area (Å²) in [5, 5.41) is 4.83. The Balaban J connectivity index is 2.44. The maximum absolute atomic E-state index is 12.7. The highest BCUT2D eigenvalue weighted by atomic mass is 35.5. The molecule has 0 saturated heterocycles. The summed E-state index contributed by atoms with van der Waals surface area (Å²) in [4.78, 5) is 0. The number of hydrogen-bond donors (Lipinski definition) is 0. The highest BCUT2D eigenvalue weighted by Crippen LogP contribution is 2.17. The average Bonchev–Trinajstić information content (AvgIpc) is 2.61. The molecule has 2 rings (SSSR count). The van der Waals surface area contributed by atoms with Gasteiger partial charge in [0.05, 0.1) is 11.4 Å². The van der Waals surface area contributed by atoms with Crippen LogP contribution >= 0.6 is 11.6 Å². The molecule has 0 amide bonds. The summed E-state index contributed by atoms with van der Waals surface area (Å²) in [6.07, 6.45) is 0.827. The van der Waals surface area contributed by atoms with E-state index in [0.717, 1.165) is 17.8 Å². The second-order valence-corrected chi connectivity index (χ2v) is 3.59. The molecule has 1 aromatic carbocycles. The quantitative estimate of drug-likeness (QED) is 0.766. The minimum absolute atomic E-state index is 0.266. The lowest BCUT2D eigenvalue weighted by Gasteiger charge is -2.01. The van der Waals surface area contributed by atoms with Gasteiger partial charge < -0.3 is 0 Å². The third kappa shape index (κ3) is 2.02. The van der Waals surface area contributed by atoms with Crippen molar-refractivity contribution < 1.29 is 4.39 Å². The molecule has 0 aliphatic heterocycles. The lowest BCUT2D eigenvalue weighted by atomic mass is 10.3. The summed E-state index contributed by atoms with van der Waals surface area (Å²) in [5.74, 6) is -0.266. The standard InChI is InChI=1S/C11H10ClFN2/c1-2-9-7-11(12)15(14-9)10-5-3-8(13)4-6-10/h3-7H,2H2,1H3. The summed E-state index contributed by atoms with van der Waals surface area (Å²) in [6, 6.07) is 7.88. The normalized spacial score (nSPS) is 10.6. The number of aryl methyl sites for hydroxylation is 1. The molecule has 0 bridgehead atoms. The molecule has 0 radical (unpaired) electrons. The molecule has 0 aliphatic rings. The minimum Gasteiger partial charge on any atom is -0.222 e. The maximum Gasteiger partial charge on any atom is 0.133 e. The van der Waals surface area contributed by atoms with Gasteiger partial charge in [0.1, 0.15) is 11.0 Å². The van der Waals surface area contributed by atoms with E-state index in [0.29, 0.717) is 5.15 Å². The Bertz CT molecular complexity index is 462. The highest BCUT2D eigenvalue weighted by molar-refractivity contribution is 6.29. The molecule has 15 heavy (non-hydrogen) atoms. The lowest BCUT2D eigenvalue weighted by molar-refractivity contribution is 0.627. The second-order valence-electron chi connectivity index (χ2n) is 3.20. The van der Waals surface area contributed by atoms with Crippen LogP contribution in [0.1, 0.15) is 12.6 Å². The van der Waals surface area contributed by atoms with E-state index >= 15 is 0 Å². The zero-order valence-electron chi connectivity index (χ0n) is 8.24. The Morgan fingerprint density at radius 1 is 1.33 bits per heavy atom. The third-order valence-electron chi connectivity index (χ3n) is 2.15. The number of benzene rings is 1. The molecule has 0 atom stereocenters. The largest absolute Gasteiger partial charge is 0.222 e. The van der Waals surface area contributed by atoms with Crippen LogP contribution in [0.15, 0.2) is 30.3 Å². The summed E-state index contributed by atoms with van der Waals surface area (Å²) >= 11 is 6.00. The van der Waals surface area contributed by atoms with Crippen molar-refractivity contribution >= 4 is 11.6 Å². The molecule has 4 heteroatoms. The van der Waals surface area contributed by atoms with Gasteiger partial charge >= 0.3 is 0 Å². The van der Waals surface area contributed by atoms with E-state index in [1.54, 1.807) is 16.8 Å². The smallest absolute Gasteiger partial charge is 0.133 e. The molecule has 2 nitrogen and oxygen atoms in total. The Hall–Kier alpha value is -1.35. The van der Waals surface area contributed by atoms with E-state index in [1.165, 1.54) is 12.1 Å². The molecular weight excluding hydrogens is 215 g/mol. The van der Waals surface area contributed by atoms with Crippen LogP contribution in [-0.2, 0) is 6.42 Å². The highest BCUT2D eigenvalue weighted by Gasteiger charge is 2.06. The topological polar surface area (TPSA) is 17.8 Å². The lowest BCUT2D eigenvalue weighted by Crippen LogP contribution is -1.97. The van der Waals surface area contributed by atoms with Crippen LogP contribution in [0.2, 0.25) is 5.15 Å². The van der Waals surface area contributed by atoms with Crippen LogP contribution in [0.25, 0.3) is 5.69 Å². The fraction of sp³-hybridized carbons (Fsp3) is 0.182. The molecule has 0 aliphatic carbocycles. The fourth-order valence-corrected chi connectivity index (χ4v) is 1.60. The van der Waals surface area contributed by atoms with Crippen molar-refractivity contribution in [3.05, 3.63) is 47.0 Å². The first kappa shape index (κ1) is 10.2. The van der Waals surface area contributed by atoms with Crippen molar-refractivity contribution in [1.82, 2.24) is 9.78 Å². The van der Waals surface area contributed by atoms with Gasteiger partial charge in [-0.25, -0.2) is 9.07 Å². The predicted molar refractivity (Wildman–Crippen MR) is 57.9 cm³/mol. The number of halogens is 2. The maximum atomic E-state index is 12.7. The number of rotatable bonds is 2. The van der Waals surface area contributed by atoms with Crippen LogP contribution in [0.3, 0.4) is 0 Å². The van der Waals surface area contributed by atoms with E-state index in [4.69, 9.17) is 11.6 Å². The average molecular weight is 225 g/mol. The molecule has 0 fully saturated rings. The van der Waals surface area contributed by atoms with Gasteiger partial charge in [-0.05, 0) is 36.8 Å². The molecule has 1 aromatic heterocycles. The van der Waals surface area contributed by atoms with Crippen molar-refractivity contribution in [2.45, 2.75) is 13.3 Å². The van der Waals surface area contributed by atoms with Gasteiger partial charge in [0.15, 0.2) is 0 Å². The first-order chi connectivity index (χ1) is 7.20. The fourth-order valence-electron chi connectivity index (χ4n) is 1.34. The molecule has 1 heterocycles. The van der Waals surface area contributed by atoms with Gasteiger partial charge in [0.2, 0.25) is 0 Å². The predicted octanol–water partition coefficient (Wildman–Crippen LogP) is 3.23. The number of hydrogen-bond acceptors (Lipinski definition) is 1. The summed E-state index contributed by atoms with van der Waals surface area (Å²) in [5.41, 5.74) is 1.69. The zero-order chi connectivity index (χ0) is 10.8. The Kier molecular flexibility index (Phi) is 2.73. The minimum atomic E-state index is -0.266. The molecular formula is C11H10ClFN2. The van der Waals surface area contributed by atoms with Gasteiger partial charge in [-0.3, -0.25) is 0 Å². The van der Waals surface area contributed by atoms with E-state index in [1.807, 2.05) is 13.0 Å². The SMILES string of the molecule is CCc1cc(Cl)n(-c2ccc(F)cc2)n1. The van der Waals surface area contributed by atoms with Crippen LogP contribution in [-0.4, -0.2) is 9.78 Å². The summed E-state index contributed by atoms with van der Waals surface area (Å²) in [6.45, 7) is 2.01. The van der Waals surface area contributed by atoms with Crippen molar-refractivity contribution in [2.24, 2.45) is 0 Å². The van der Waals surface area contributed by atoms with Gasteiger partial charge in [-0.2, -0.15) is 5.10 Å². The Labute approximate surface area is 92.3 Å². The van der Waals surface area contributed by atoms with Crippen molar-refractivity contribution in [3.8, 4) is 5.69 Å². The second kappa shape index (κ2) is 4.03. The van der Waals surface area contributed by atoms with Crippen LogP contribution in [0.4, 0.5) is 4.39 Å². The first-order valence-electron chi connectivity index (χ1n) is 4.71. The van der Waals surface area contributed by atoms with Crippen LogP contribution < -0.4 is 0 Å². The molecule has 0 spiro atoms. The first-order valence-corrected chi connectivity index (χ1v) is 5.09. The van der Waals surface area contributed by atoms with Gasteiger partial charge in [-0.1, -0.05) is 18.5 Å². The Morgan fingerprint density at radius 3 is 2.53 bits per heavy atom. The van der Waals surface area contributed by atoms with Gasteiger partial charge in [0.25, 0.3) is 0 Å². The van der Waals surface area contributed by atoms with Crippen LogP contribution in [0.5, 0.6) is 0 Å². The van der Waals surface area contributed by atoms with Gasteiger partial charge in [-0.15, -0.1) is 0 Å². The zero-order valence-corrected chi connectivity index (χ0v) is 9.00. The van der Waals surface area contributed by atoms with E-state index in [2.05, 4.69) is 5.10 Å². The van der Waals surface area contributed by atoms with Gasteiger partial charge in [0, 0.05) is 0 Å². The molecule has 78 valence electrons. The summed E-state index contributed by atoms with van der Waals surface area (Å²) in [7, 11) is 0. The molecule has 0 unspecified atom stereocenters. The van der Waals surface area contributed by atoms with Crippen molar-refractivity contribution in [2.75, 3.05) is 0 Å². The number of nitrogens with zero attached hydrogens (tertiary/aromatic N) is 2.